The molecule has 5 heteroatoms. The third-order valence-corrected chi connectivity index (χ3v) is 6.77. The van der Waals surface area contributed by atoms with E-state index in [1.807, 2.05) is 48.7 Å². The van der Waals surface area contributed by atoms with Crippen molar-refractivity contribution in [1.29, 1.82) is 0 Å². The van der Waals surface area contributed by atoms with Gasteiger partial charge in [-0.25, -0.2) is 4.98 Å². The highest BCUT2D eigenvalue weighted by molar-refractivity contribution is 6.10. The Kier molecular flexibility index (Phi) is 4.29. The number of hydrogen-bond acceptors (Lipinski definition) is 4. The van der Waals surface area contributed by atoms with Crippen LogP contribution in [-0.4, -0.2) is 21.3 Å². The van der Waals surface area contributed by atoms with E-state index in [1.54, 1.807) is 6.07 Å². The average molecular weight is 455 g/mol. The van der Waals surface area contributed by atoms with Gasteiger partial charge in [-0.15, -0.1) is 0 Å². The first-order chi connectivity index (χ1) is 17.3. The fourth-order valence-corrected chi connectivity index (χ4v) is 5.19. The quantitative estimate of drug-likeness (QED) is 0.309. The second kappa shape index (κ2) is 7.64. The normalized spacial score (nSPS) is 13.0. The molecule has 168 valence electrons. The number of phenols is 1. The molecule has 3 heterocycles. The van der Waals surface area contributed by atoms with E-state index in [4.69, 9.17) is 0 Å². The Balaban J connectivity index is 1.43. The van der Waals surface area contributed by atoms with Crippen LogP contribution in [0.4, 0.5) is 22.7 Å². The van der Waals surface area contributed by atoms with E-state index in [0.717, 1.165) is 39.6 Å². The number of fused-ring (bicyclic) bond motifs is 4. The number of phenolic OH excluding ortho intramolecular Hbond substituents is 1. The lowest BCUT2D eigenvalue weighted by Gasteiger charge is -2.23. The fraction of sp³-hybridized carbons (Fsp3) is 0.0333. The first-order valence-electron chi connectivity index (χ1n) is 11.7. The molecule has 1 N–H and O–H groups in total. The fourth-order valence-electron chi connectivity index (χ4n) is 5.19. The Morgan fingerprint density at radius 1 is 0.600 bits per heavy atom. The van der Waals surface area contributed by atoms with Gasteiger partial charge in [-0.05, 0) is 54.6 Å². The van der Waals surface area contributed by atoms with Crippen molar-refractivity contribution in [2.75, 3.05) is 16.5 Å². The van der Waals surface area contributed by atoms with Crippen molar-refractivity contribution in [3.8, 4) is 11.6 Å². The maximum absolute atomic E-state index is 10.6. The SMILES string of the molecule is Oc1ccccc1N1CN(c2ccc3c4ccccc4n(-c4ccccn4)c3c2)c2ccccc21. The molecule has 0 aliphatic carbocycles. The summed E-state index contributed by atoms with van der Waals surface area (Å²) in [5.41, 5.74) is 6.31. The second-order valence-electron chi connectivity index (χ2n) is 8.72. The third-order valence-electron chi connectivity index (χ3n) is 6.77. The average Bonchev–Trinajstić information content (AvgIpc) is 3.45. The number of nitrogens with zero attached hydrogens (tertiary/aromatic N) is 4. The molecule has 0 saturated carbocycles. The van der Waals surface area contributed by atoms with Crippen LogP contribution in [-0.2, 0) is 0 Å². The number of aromatic hydroxyl groups is 1. The predicted molar refractivity (Wildman–Crippen MR) is 142 cm³/mol. The molecule has 6 aromatic rings. The molecule has 0 spiro atoms. The van der Waals surface area contributed by atoms with Crippen LogP contribution in [0, 0.1) is 0 Å². The van der Waals surface area contributed by atoms with Gasteiger partial charge in [-0.1, -0.05) is 54.6 Å². The van der Waals surface area contributed by atoms with Gasteiger partial charge in [0, 0.05) is 22.7 Å². The van der Waals surface area contributed by atoms with Crippen molar-refractivity contribution in [2.24, 2.45) is 0 Å². The zero-order chi connectivity index (χ0) is 23.4. The minimum atomic E-state index is 0.273. The summed E-state index contributed by atoms with van der Waals surface area (Å²) in [5, 5.41) is 13.0. The summed E-state index contributed by atoms with van der Waals surface area (Å²) < 4.78 is 2.23. The lowest BCUT2D eigenvalue weighted by molar-refractivity contribution is 0.476. The number of pyridine rings is 1. The minimum Gasteiger partial charge on any atom is -0.506 e. The highest BCUT2D eigenvalue weighted by Crippen LogP contribution is 2.46. The summed E-state index contributed by atoms with van der Waals surface area (Å²) in [6.07, 6.45) is 1.83. The van der Waals surface area contributed by atoms with E-state index in [9.17, 15) is 5.11 Å². The molecule has 2 aromatic heterocycles. The molecule has 0 fully saturated rings. The molecule has 4 aromatic carbocycles. The number of para-hydroxylation sites is 5. The van der Waals surface area contributed by atoms with Crippen LogP contribution >= 0.6 is 0 Å². The Labute approximate surface area is 202 Å². The number of anilines is 4. The largest absolute Gasteiger partial charge is 0.506 e. The van der Waals surface area contributed by atoms with Crippen LogP contribution in [0.5, 0.6) is 5.75 Å². The van der Waals surface area contributed by atoms with Crippen LogP contribution in [0.3, 0.4) is 0 Å². The number of benzene rings is 4. The van der Waals surface area contributed by atoms with Gasteiger partial charge in [0.2, 0.25) is 0 Å². The van der Waals surface area contributed by atoms with Crippen LogP contribution < -0.4 is 9.80 Å². The van der Waals surface area contributed by atoms with E-state index in [0.29, 0.717) is 6.67 Å². The highest BCUT2D eigenvalue weighted by Gasteiger charge is 2.29. The molecule has 1 aliphatic heterocycles. The number of rotatable bonds is 3. The molecular formula is C30H22N4O. The summed E-state index contributed by atoms with van der Waals surface area (Å²) in [6.45, 7) is 0.603. The Hall–Kier alpha value is -4.77. The standard InChI is InChI=1S/C30H22N4O/c35-29-14-6-5-13-27(29)33-20-32(25-11-3-4-12-26(25)33)21-16-17-23-22-9-1-2-10-24(22)34(28(23)19-21)30-15-7-8-18-31-30/h1-19,35H,20H2. The predicted octanol–water partition coefficient (Wildman–Crippen LogP) is 7.13. The van der Waals surface area contributed by atoms with Crippen LogP contribution in [0.1, 0.15) is 0 Å². The summed E-state index contributed by atoms with van der Waals surface area (Å²) in [5.74, 6) is 1.17. The van der Waals surface area contributed by atoms with Gasteiger partial charge in [0.05, 0.1) is 28.1 Å². The van der Waals surface area contributed by atoms with Gasteiger partial charge >= 0.3 is 0 Å². The lowest BCUT2D eigenvalue weighted by atomic mass is 10.1. The number of aromatic nitrogens is 2. The molecular weight excluding hydrogens is 432 g/mol. The zero-order valence-electron chi connectivity index (χ0n) is 18.9. The van der Waals surface area contributed by atoms with Crippen molar-refractivity contribution >= 4 is 44.6 Å². The molecule has 0 bridgehead atoms. The minimum absolute atomic E-state index is 0.273. The maximum atomic E-state index is 10.6. The Bertz CT molecular complexity index is 1710. The van der Waals surface area contributed by atoms with Gasteiger partial charge < -0.3 is 14.9 Å². The topological polar surface area (TPSA) is 44.5 Å². The van der Waals surface area contributed by atoms with E-state index in [1.165, 1.54) is 10.8 Å². The van der Waals surface area contributed by atoms with E-state index < -0.39 is 0 Å². The van der Waals surface area contributed by atoms with Gasteiger partial charge in [0.1, 0.15) is 18.2 Å². The molecule has 35 heavy (non-hydrogen) atoms. The second-order valence-corrected chi connectivity index (χ2v) is 8.72. The Morgan fingerprint density at radius 2 is 1.29 bits per heavy atom. The number of hydrogen-bond donors (Lipinski definition) is 1. The molecule has 0 unspecified atom stereocenters. The van der Waals surface area contributed by atoms with Crippen LogP contribution in [0.25, 0.3) is 27.6 Å². The molecule has 0 atom stereocenters. The van der Waals surface area contributed by atoms with Gasteiger partial charge in [-0.3, -0.25) is 4.57 Å². The van der Waals surface area contributed by atoms with E-state index in [2.05, 4.69) is 80.0 Å². The van der Waals surface area contributed by atoms with Crippen LogP contribution in [0.2, 0.25) is 0 Å². The molecule has 7 rings (SSSR count). The van der Waals surface area contributed by atoms with Crippen molar-refractivity contribution in [3.05, 3.63) is 115 Å². The molecule has 5 nitrogen and oxygen atoms in total. The zero-order valence-corrected chi connectivity index (χ0v) is 18.9. The summed E-state index contributed by atoms with van der Waals surface area (Å²) in [7, 11) is 0. The van der Waals surface area contributed by atoms with E-state index in [-0.39, 0.29) is 5.75 Å². The van der Waals surface area contributed by atoms with Crippen molar-refractivity contribution in [1.82, 2.24) is 9.55 Å². The molecule has 0 saturated heterocycles. The van der Waals surface area contributed by atoms with Gasteiger partial charge in [0.25, 0.3) is 0 Å². The maximum Gasteiger partial charge on any atom is 0.139 e. The van der Waals surface area contributed by atoms with E-state index >= 15 is 0 Å². The molecule has 0 radical (unpaired) electrons. The summed E-state index contributed by atoms with van der Waals surface area (Å²) in [6, 6.07) is 36.9. The molecule has 1 aliphatic rings. The highest BCUT2D eigenvalue weighted by atomic mass is 16.3. The smallest absolute Gasteiger partial charge is 0.139 e. The van der Waals surface area contributed by atoms with Crippen molar-refractivity contribution in [3.63, 3.8) is 0 Å². The first-order valence-corrected chi connectivity index (χ1v) is 11.7. The van der Waals surface area contributed by atoms with Gasteiger partial charge in [0.15, 0.2) is 0 Å². The summed E-state index contributed by atoms with van der Waals surface area (Å²) in [4.78, 5) is 9.11. The first kappa shape index (κ1) is 19.7. The third kappa shape index (κ3) is 2.98. The van der Waals surface area contributed by atoms with Crippen molar-refractivity contribution in [2.45, 2.75) is 0 Å². The Morgan fingerprint density at radius 3 is 2.09 bits per heavy atom. The van der Waals surface area contributed by atoms with Crippen LogP contribution in [0.15, 0.2) is 115 Å². The molecule has 0 amide bonds. The summed E-state index contributed by atoms with van der Waals surface area (Å²) >= 11 is 0. The lowest BCUT2D eigenvalue weighted by Crippen LogP contribution is -2.24. The van der Waals surface area contributed by atoms with Crippen molar-refractivity contribution < 1.29 is 5.11 Å². The van der Waals surface area contributed by atoms with Gasteiger partial charge in [-0.2, -0.15) is 0 Å². The monoisotopic (exact) mass is 454 g/mol.